The molecule has 2 aliphatic rings. The third kappa shape index (κ3) is 2.91. The standard InChI is InChI=1S/C16H25ClN2O4Si/c1-15(2,3)24(4,5)23-11-8-13-19-7-6-12(20)18-14(19)21-10-16(11,9-17)22-13/h6-7,11,13H,8-10H2,1-5H3/t11?,13-,16-/m1/s1. The number of rotatable bonds is 3. The van der Waals surface area contributed by atoms with Crippen molar-refractivity contribution < 1.29 is 13.9 Å². The largest absolute Gasteiger partial charge is 0.461 e. The van der Waals surface area contributed by atoms with Crippen molar-refractivity contribution in [3.05, 3.63) is 22.6 Å². The van der Waals surface area contributed by atoms with Crippen molar-refractivity contribution >= 4 is 19.9 Å². The number of halogens is 1. The van der Waals surface area contributed by atoms with E-state index >= 15 is 0 Å². The molecule has 1 fully saturated rings. The van der Waals surface area contributed by atoms with Crippen LogP contribution in [-0.2, 0) is 9.16 Å². The number of aromatic nitrogens is 2. The van der Waals surface area contributed by atoms with Gasteiger partial charge < -0.3 is 13.9 Å². The molecule has 1 unspecified atom stereocenters. The van der Waals surface area contributed by atoms with E-state index in [2.05, 4.69) is 38.8 Å². The van der Waals surface area contributed by atoms with Crippen molar-refractivity contribution in [2.75, 3.05) is 12.5 Å². The minimum Gasteiger partial charge on any atom is -0.461 e. The van der Waals surface area contributed by atoms with Gasteiger partial charge in [-0.25, -0.2) is 0 Å². The van der Waals surface area contributed by atoms with Crippen molar-refractivity contribution in [1.82, 2.24) is 9.55 Å². The van der Waals surface area contributed by atoms with Gasteiger partial charge in [0.2, 0.25) is 0 Å². The highest BCUT2D eigenvalue weighted by atomic mass is 35.5. The molecule has 0 radical (unpaired) electrons. The number of hydrogen-bond donors (Lipinski definition) is 0. The van der Waals surface area contributed by atoms with Gasteiger partial charge in [-0.2, -0.15) is 4.98 Å². The molecule has 3 rings (SSSR count). The van der Waals surface area contributed by atoms with Crippen molar-refractivity contribution in [2.24, 2.45) is 0 Å². The van der Waals surface area contributed by atoms with Crippen LogP contribution in [0.15, 0.2) is 17.1 Å². The Morgan fingerprint density at radius 1 is 1.50 bits per heavy atom. The molecule has 0 saturated carbocycles. The average molecular weight is 373 g/mol. The van der Waals surface area contributed by atoms with E-state index in [1.165, 1.54) is 6.07 Å². The number of ether oxygens (including phenoxy) is 2. The van der Waals surface area contributed by atoms with E-state index in [1.54, 1.807) is 10.8 Å². The lowest BCUT2D eigenvalue weighted by atomic mass is 10.00. The fourth-order valence-electron chi connectivity index (χ4n) is 2.84. The fourth-order valence-corrected chi connectivity index (χ4v) is 4.53. The summed E-state index contributed by atoms with van der Waals surface area (Å²) in [5.41, 5.74) is -1.05. The second-order valence-electron chi connectivity index (χ2n) is 8.12. The Hall–Kier alpha value is -0.893. The van der Waals surface area contributed by atoms with Crippen LogP contribution in [0.3, 0.4) is 0 Å². The van der Waals surface area contributed by atoms with Crippen molar-refractivity contribution in [2.45, 2.75) is 63.3 Å². The molecule has 2 bridgehead atoms. The lowest BCUT2D eigenvalue weighted by Crippen LogP contribution is -2.54. The Morgan fingerprint density at radius 3 is 2.83 bits per heavy atom. The Morgan fingerprint density at radius 2 is 2.21 bits per heavy atom. The topological polar surface area (TPSA) is 62.6 Å². The lowest BCUT2D eigenvalue weighted by molar-refractivity contribution is -0.0900. The highest BCUT2D eigenvalue weighted by molar-refractivity contribution is 6.74. The van der Waals surface area contributed by atoms with Crippen LogP contribution in [0, 0.1) is 0 Å². The third-order valence-corrected chi connectivity index (χ3v) is 10.3. The van der Waals surface area contributed by atoms with Crippen LogP contribution in [-0.4, -0.2) is 42.1 Å². The first-order valence-corrected chi connectivity index (χ1v) is 11.7. The van der Waals surface area contributed by atoms with Gasteiger partial charge in [0.25, 0.3) is 5.56 Å². The van der Waals surface area contributed by atoms with E-state index in [-0.39, 0.29) is 41.4 Å². The summed E-state index contributed by atoms with van der Waals surface area (Å²) in [4.78, 5) is 15.4. The summed E-state index contributed by atoms with van der Waals surface area (Å²) in [6, 6.07) is 1.69. The van der Waals surface area contributed by atoms with Crippen molar-refractivity contribution in [3.63, 3.8) is 0 Å². The number of hydrogen-bond acceptors (Lipinski definition) is 5. The van der Waals surface area contributed by atoms with Crippen LogP contribution in [0.25, 0.3) is 0 Å². The third-order valence-electron chi connectivity index (χ3n) is 5.40. The summed E-state index contributed by atoms with van der Waals surface area (Å²) in [5.74, 6) is 0.265. The second-order valence-corrected chi connectivity index (χ2v) is 13.1. The van der Waals surface area contributed by atoms with E-state index in [4.69, 9.17) is 25.5 Å². The summed E-state index contributed by atoms with van der Waals surface area (Å²) >= 11 is 6.29. The van der Waals surface area contributed by atoms with E-state index in [9.17, 15) is 4.79 Å². The van der Waals surface area contributed by atoms with Gasteiger partial charge in [0.05, 0.1) is 12.0 Å². The molecule has 0 aliphatic carbocycles. The summed E-state index contributed by atoms with van der Waals surface area (Å²) in [6.45, 7) is 11.3. The molecule has 0 N–H and O–H groups in total. The number of alkyl halides is 1. The van der Waals surface area contributed by atoms with E-state index in [1.807, 2.05) is 0 Å². The monoisotopic (exact) mass is 372 g/mol. The van der Waals surface area contributed by atoms with Gasteiger partial charge in [-0.05, 0) is 18.1 Å². The molecule has 1 saturated heterocycles. The molecule has 0 aromatic carbocycles. The number of fused-ring (bicyclic) bond motifs is 4. The molecule has 1 aromatic heterocycles. The predicted octanol–water partition coefficient (Wildman–Crippen LogP) is 2.92. The Balaban J connectivity index is 1.93. The van der Waals surface area contributed by atoms with E-state index in [0.29, 0.717) is 6.42 Å². The van der Waals surface area contributed by atoms with Crippen LogP contribution in [0.4, 0.5) is 0 Å². The summed E-state index contributed by atoms with van der Waals surface area (Å²) < 4.78 is 20.4. The molecule has 0 amide bonds. The van der Waals surface area contributed by atoms with Gasteiger partial charge in [-0.3, -0.25) is 9.36 Å². The highest BCUT2D eigenvalue weighted by Crippen LogP contribution is 2.47. The molecule has 3 atom stereocenters. The molecule has 3 heterocycles. The summed E-state index contributed by atoms with van der Waals surface area (Å²) in [6.07, 6.45) is 1.90. The number of nitrogens with zero attached hydrogens (tertiary/aromatic N) is 2. The molecule has 6 nitrogen and oxygen atoms in total. The molecule has 2 aliphatic heterocycles. The zero-order valence-electron chi connectivity index (χ0n) is 14.8. The molecule has 1 aromatic rings. The predicted molar refractivity (Wildman–Crippen MR) is 94.3 cm³/mol. The lowest BCUT2D eigenvalue weighted by Gasteiger charge is -2.42. The Bertz CT molecular complexity index is 687. The first kappa shape index (κ1) is 17.9. The van der Waals surface area contributed by atoms with Gasteiger partial charge in [0.15, 0.2) is 8.32 Å². The normalized spacial score (nSPS) is 29.8. The van der Waals surface area contributed by atoms with E-state index in [0.717, 1.165) is 0 Å². The van der Waals surface area contributed by atoms with Crippen molar-refractivity contribution in [1.29, 1.82) is 0 Å². The minimum absolute atomic E-state index is 0.0954. The smallest absolute Gasteiger partial charge is 0.301 e. The first-order chi connectivity index (χ1) is 11.1. The van der Waals surface area contributed by atoms with Gasteiger partial charge >= 0.3 is 6.01 Å². The quantitative estimate of drug-likeness (QED) is 0.603. The Labute approximate surface area is 148 Å². The van der Waals surface area contributed by atoms with Crippen LogP contribution in [0.5, 0.6) is 6.01 Å². The molecule has 0 spiro atoms. The van der Waals surface area contributed by atoms with Gasteiger partial charge in [0.1, 0.15) is 18.4 Å². The van der Waals surface area contributed by atoms with Gasteiger partial charge in [-0.15, -0.1) is 11.6 Å². The molecule has 8 heteroatoms. The van der Waals surface area contributed by atoms with Crippen LogP contribution in [0.1, 0.15) is 33.4 Å². The van der Waals surface area contributed by atoms with Crippen LogP contribution < -0.4 is 10.3 Å². The molecule has 134 valence electrons. The maximum Gasteiger partial charge on any atom is 0.301 e. The molecular weight excluding hydrogens is 348 g/mol. The first-order valence-electron chi connectivity index (χ1n) is 8.22. The second kappa shape index (κ2) is 5.83. The summed E-state index contributed by atoms with van der Waals surface area (Å²) in [5, 5.41) is 0.0954. The maximum atomic E-state index is 11.5. The maximum absolute atomic E-state index is 11.5. The van der Waals surface area contributed by atoms with Gasteiger partial charge in [0, 0.05) is 18.7 Å². The van der Waals surface area contributed by atoms with Gasteiger partial charge in [-0.1, -0.05) is 20.8 Å². The van der Waals surface area contributed by atoms with Crippen LogP contribution >= 0.6 is 11.6 Å². The zero-order chi connectivity index (χ0) is 17.8. The zero-order valence-corrected chi connectivity index (χ0v) is 16.6. The summed E-state index contributed by atoms with van der Waals surface area (Å²) in [7, 11) is -1.98. The average Bonchev–Trinajstić information content (AvgIpc) is 2.73. The van der Waals surface area contributed by atoms with E-state index < -0.39 is 13.9 Å². The Kier molecular flexibility index (Phi) is 4.35. The van der Waals surface area contributed by atoms with Crippen LogP contribution in [0.2, 0.25) is 18.1 Å². The minimum atomic E-state index is -1.98. The molecule has 24 heavy (non-hydrogen) atoms. The fraction of sp³-hybridized carbons (Fsp3) is 0.750. The van der Waals surface area contributed by atoms with Crippen molar-refractivity contribution in [3.8, 4) is 6.01 Å². The molecular formula is C16H25ClN2O4Si. The highest BCUT2D eigenvalue weighted by Gasteiger charge is 2.55. The SMILES string of the molecule is CC(C)(C)[Si](C)(C)OC1C[C@H]2O[C@]1(CCl)COc1nc(=O)ccn12.